The summed E-state index contributed by atoms with van der Waals surface area (Å²) < 4.78 is 5.77. The Morgan fingerprint density at radius 3 is 2.90 bits per heavy atom. The first-order valence-electron chi connectivity index (χ1n) is 6.31. The van der Waals surface area contributed by atoms with Crippen LogP contribution >= 0.6 is 23.1 Å². The van der Waals surface area contributed by atoms with Crippen LogP contribution in [0.5, 0.6) is 0 Å². The molecule has 0 fully saturated rings. The number of nitrogens with one attached hydrogen (secondary N) is 1. The summed E-state index contributed by atoms with van der Waals surface area (Å²) in [6, 6.07) is 14.0. The molecule has 5 heteroatoms. The molecule has 3 aromatic rings. The van der Waals surface area contributed by atoms with Gasteiger partial charge in [0.1, 0.15) is 10.8 Å². The van der Waals surface area contributed by atoms with Gasteiger partial charge in [-0.2, -0.15) is 0 Å². The number of nitrogens with zero attached hydrogens (tertiary/aromatic N) is 1. The van der Waals surface area contributed by atoms with E-state index in [4.69, 9.17) is 4.42 Å². The van der Waals surface area contributed by atoms with E-state index in [-0.39, 0.29) is 0 Å². The smallest absolute Gasteiger partial charge is 0.166 e. The van der Waals surface area contributed by atoms with Crippen molar-refractivity contribution in [3.63, 3.8) is 0 Å². The van der Waals surface area contributed by atoms with Gasteiger partial charge in [0.25, 0.3) is 0 Å². The molecule has 3 aromatic heterocycles. The number of hydrogen-bond acceptors (Lipinski definition) is 5. The number of rotatable bonds is 6. The third kappa shape index (κ3) is 3.72. The maximum Gasteiger partial charge on any atom is 0.166 e. The Balaban J connectivity index is 1.52. The predicted molar refractivity (Wildman–Crippen MR) is 81.9 cm³/mol. The van der Waals surface area contributed by atoms with Crippen LogP contribution in [0.2, 0.25) is 0 Å². The lowest BCUT2D eigenvalue weighted by molar-refractivity contribution is 0.416. The second-order valence-corrected chi connectivity index (χ2v) is 6.23. The molecule has 0 bridgehead atoms. The zero-order valence-corrected chi connectivity index (χ0v) is 12.4. The topological polar surface area (TPSA) is 38.1 Å². The molecule has 0 amide bonds. The Labute approximate surface area is 126 Å². The summed E-state index contributed by atoms with van der Waals surface area (Å²) in [5, 5.41) is 7.28. The van der Waals surface area contributed by atoms with E-state index >= 15 is 0 Å². The number of pyridine rings is 1. The fourth-order valence-electron chi connectivity index (χ4n) is 1.74. The van der Waals surface area contributed by atoms with Crippen molar-refractivity contribution < 1.29 is 4.42 Å². The monoisotopic (exact) mass is 302 g/mol. The molecule has 0 aliphatic carbocycles. The Bertz CT molecular complexity index is 635. The minimum absolute atomic E-state index is 0.737. The third-order valence-corrected chi connectivity index (χ3v) is 4.41. The van der Waals surface area contributed by atoms with E-state index in [0.29, 0.717) is 0 Å². The van der Waals surface area contributed by atoms with Gasteiger partial charge in [0, 0.05) is 17.6 Å². The van der Waals surface area contributed by atoms with Crippen molar-refractivity contribution in [2.75, 3.05) is 0 Å². The number of thiophene rings is 1. The molecule has 0 aromatic carbocycles. The van der Waals surface area contributed by atoms with Gasteiger partial charge >= 0.3 is 0 Å². The minimum atomic E-state index is 0.737. The van der Waals surface area contributed by atoms with Crippen molar-refractivity contribution in [3.8, 4) is 0 Å². The van der Waals surface area contributed by atoms with Crippen molar-refractivity contribution in [2.45, 2.75) is 23.2 Å². The van der Waals surface area contributed by atoms with Crippen LogP contribution in [0.15, 0.2) is 68.6 Å². The fourth-order valence-corrected chi connectivity index (χ4v) is 3.17. The summed E-state index contributed by atoms with van der Waals surface area (Å²) in [4.78, 5) is 5.60. The molecule has 20 heavy (non-hydrogen) atoms. The maximum atomic E-state index is 5.77. The van der Waals surface area contributed by atoms with E-state index in [9.17, 15) is 0 Å². The molecular formula is C15H14N2OS2. The molecule has 0 aliphatic rings. The van der Waals surface area contributed by atoms with Crippen molar-refractivity contribution in [2.24, 2.45) is 0 Å². The predicted octanol–water partition coefficient (Wildman–Crippen LogP) is 4.18. The molecule has 102 valence electrons. The van der Waals surface area contributed by atoms with Gasteiger partial charge in [-0.1, -0.05) is 12.1 Å². The molecule has 0 radical (unpaired) electrons. The van der Waals surface area contributed by atoms with Crippen molar-refractivity contribution >= 4 is 23.1 Å². The van der Waals surface area contributed by atoms with Crippen LogP contribution in [0.1, 0.15) is 10.6 Å². The van der Waals surface area contributed by atoms with Crippen LogP contribution in [0.25, 0.3) is 0 Å². The summed E-state index contributed by atoms with van der Waals surface area (Å²) in [7, 11) is 0. The molecule has 3 nitrogen and oxygen atoms in total. The standard InChI is InChI=1S/C15H14N2OS2/c1-2-8-17-14(5-1)20-15-7-6-12(18-15)10-16-11-13-4-3-9-19-13/h1-9,16H,10-11H2. The van der Waals surface area contributed by atoms with E-state index in [0.717, 1.165) is 29.0 Å². The van der Waals surface area contributed by atoms with Gasteiger partial charge in [0.2, 0.25) is 0 Å². The number of furan rings is 1. The SMILES string of the molecule is c1ccc(Sc2ccc(CNCc3cccs3)o2)nc1. The third-order valence-electron chi connectivity index (χ3n) is 2.66. The van der Waals surface area contributed by atoms with Gasteiger partial charge in [0.05, 0.1) is 6.54 Å². The highest BCUT2D eigenvalue weighted by Gasteiger charge is 2.04. The lowest BCUT2D eigenvalue weighted by atomic mass is 10.4. The molecule has 3 rings (SSSR count). The number of aromatic nitrogens is 1. The Hall–Kier alpha value is -1.56. The minimum Gasteiger partial charge on any atom is -0.453 e. The van der Waals surface area contributed by atoms with E-state index in [1.54, 1.807) is 17.5 Å². The van der Waals surface area contributed by atoms with Crippen molar-refractivity contribution in [1.29, 1.82) is 0 Å². The second-order valence-electron chi connectivity index (χ2n) is 4.17. The summed E-state index contributed by atoms with van der Waals surface area (Å²) in [6.45, 7) is 1.61. The molecule has 0 unspecified atom stereocenters. The van der Waals surface area contributed by atoms with Crippen LogP contribution in [-0.4, -0.2) is 4.98 Å². The van der Waals surface area contributed by atoms with Gasteiger partial charge in [-0.15, -0.1) is 11.3 Å². The van der Waals surface area contributed by atoms with E-state index in [1.165, 1.54) is 16.6 Å². The Morgan fingerprint density at radius 2 is 2.10 bits per heavy atom. The molecular weight excluding hydrogens is 288 g/mol. The quantitative estimate of drug-likeness (QED) is 0.741. The van der Waals surface area contributed by atoms with Crippen molar-refractivity contribution in [3.05, 3.63) is 64.7 Å². The summed E-state index contributed by atoms with van der Waals surface area (Å²) in [5.74, 6) is 0.944. The van der Waals surface area contributed by atoms with Gasteiger partial charge in [0.15, 0.2) is 5.09 Å². The molecule has 3 heterocycles. The van der Waals surface area contributed by atoms with Crippen LogP contribution < -0.4 is 5.32 Å². The second kappa shape index (κ2) is 6.74. The van der Waals surface area contributed by atoms with E-state index < -0.39 is 0 Å². The van der Waals surface area contributed by atoms with Gasteiger partial charge < -0.3 is 9.73 Å². The Kier molecular flexibility index (Phi) is 4.53. The number of hydrogen-bond donors (Lipinski definition) is 1. The molecule has 0 atom stereocenters. The average Bonchev–Trinajstić information content (AvgIpc) is 3.12. The molecule has 0 aliphatic heterocycles. The average molecular weight is 302 g/mol. The summed E-state index contributed by atoms with van der Waals surface area (Å²) >= 11 is 3.30. The lowest BCUT2D eigenvalue weighted by Crippen LogP contribution is -2.10. The first-order valence-corrected chi connectivity index (χ1v) is 8.00. The van der Waals surface area contributed by atoms with Crippen LogP contribution in [0, 0.1) is 0 Å². The highest BCUT2D eigenvalue weighted by molar-refractivity contribution is 7.99. The summed E-state index contributed by atoms with van der Waals surface area (Å²) in [6.07, 6.45) is 1.79. The van der Waals surface area contributed by atoms with Crippen LogP contribution in [0.4, 0.5) is 0 Å². The molecule has 0 saturated carbocycles. The summed E-state index contributed by atoms with van der Waals surface area (Å²) in [5.41, 5.74) is 0. The molecule has 0 saturated heterocycles. The maximum absolute atomic E-state index is 5.77. The normalized spacial score (nSPS) is 10.8. The van der Waals surface area contributed by atoms with Gasteiger partial charge in [-0.3, -0.25) is 0 Å². The van der Waals surface area contributed by atoms with Gasteiger partial charge in [-0.25, -0.2) is 4.98 Å². The molecule has 0 spiro atoms. The van der Waals surface area contributed by atoms with E-state index in [2.05, 4.69) is 27.8 Å². The zero-order valence-electron chi connectivity index (χ0n) is 10.8. The van der Waals surface area contributed by atoms with Crippen LogP contribution in [-0.2, 0) is 13.1 Å². The molecule has 1 N–H and O–H groups in total. The first-order chi connectivity index (χ1) is 9.90. The van der Waals surface area contributed by atoms with Crippen molar-refractivity contribution in [1.82, 2.24) is 10.3 Å². The first kappa shape index (κ1) is 13.4. The fraction of sp³-hybridized carbons (Fsp3) is 0.133. The van der Waals surface area contributed by atoms with E-state index in [1.807, 2.05) is 30.3 Å². The zero-order chi connectivity index (χ0) is 13.6. The highest BCUT2D eigenvalue weighted by Crippen LogP contribution is 2.27. The van der Waals surface area contributed by atoms with Crippen LogP contribution in [0.3, 0.4) is 0 Å². The Morgan fingerprint density at radius 1 is 1.10 bits per heavy atom. The largest absolute Gasteiger partial charge is 0.453 e. The highest BCUT2D eigenvalue weighted by atomic mass is 32.2. The van der Waals surface area contributed by atoms with Gasteiger partial charge in [-0.05, 0) is 47.5 Å². The lowest BCUT2D eigenvalue weighted by Gasteiger charge is -2.00.